The van der Waals surface area contributed by atoms with E-state index in [4.69, 9.17) is 11.3 Å². The van der Waals surface area contributed by atoms with E-state index >= 15 is 0 Å². The van der Waals surface area contributed by atoms with Gasteiger partial charge in [-0.2, -0.15) is 0 Å². The first kappa shape index (κ1) is 12.7. The van der Waals surface area contributed by atoms with Crippen molar-refractivity contribution in [2.24, 2.45) is 0 Å². The molecular weight excluding hydrogens is 251 g/mol. The first-order valence-corrected chi connectivity index (χ1v) is 6.50. The van der Waals surface area contributed by atoms with Crippen LogP contribution in [-0.4, -0.2) is 16.9 Å². The third kappa shape index (κ3) is 2.26. The van der Waals surface area contributed by atoms with E-state index in [1.54, 1.807) is 6.07 Å². The van der Waals surface area contributed by atoms with E-state index in [2.05, 4.69) is 9.83 Å². The lowest BCUT2D eigenvalue weighted by atomic mass is 9.63. The lowest BCUT2D eigenvalue weighted by Crippen LogP contribution is -2.25. The van der Waals surface area contributed by atoms with Gasteiger partial charge in [-0.1, -0.05) is 6.07 Å². The fraction of sp³-hybridized carbons (Fsp3) is 0.200. The molecule has 2 heterocycles. The van der Waals surface area contributed by atoms with E-state index in [1.165, 1.54) is 6.20 Å². The summed E-state index contributed by atoms with van der Waals surface area (Å²) in [6.07, 6.45) is 3.15. The summed E-state index contributed by atoms with van der Waals surface area (Å²) in [5.41, 5.74) is 3.46. The topological polar surface area (TPSA) is 46.7 Å². The SMILES string of the molecule is [C-]#[N+]c1cnc(Oc2ccc3c(c2)CCB3O)c(C)c1. The molecule has 1 aliphatic heterocycles. The normalized spacial score (nSPS) is 12.9. The summed E-state index contributed by atoms with van der Waals surface area (Å²) in [6, 6.07) is 7.46. The van der Waals surface area contributed by atoms with Crippen molar-refractivity contribution in [1.82, 2.24) is 4.98 Å². The number of aryl methyl sites for hydroxylation is 2. The number of aromatic nitrogens is 1. The van der Waals surface area contributed by atoms with Crippen molar-refractivity contribution in [2.75, 3.05) is 0 Å². The fourth-order valence-electron chi connectivity index (χ4n) is 2.46. The molecule has 0 radical (unpaired) electrons. The summed E-state index contributed by atoms with van der Waals surface area (Å²) in [4.78, 5) is 7.51. The van der Waals surface area contributed by atoms with Gasteiger partial charge in [0, 0.05) is 11.8 Å². The summed E-state index contributed by atoms with van der Waals surface area (Å²) < 4.78 is 5.77. The number of fused-ring (bicyclic) bond motifs is 1. The fourth-order valence-corrected chi connectivity index (χ4v) is 2.46. The molecule has 20 heavy (non-hydrogen) atoms. The van der Waals surface area contributed by atoms with Crippen molar-refractivity contribution >= 4 is 18.1 Å². The van der Waals surface area contributed by atoms with Gasteiger partial charge in [0.05, 0.1) is 6.57 Å². The van der Waals surface area contributed by atoms with E-state index in [1.807, 2.05) is 25.1 Å². The van der Waals surface area contributed by atoms with Crippen LogP contribution < -0.4 is 10.2 Å². The maximum absolute atomic E-state index is 9.78. The highest BCUT2D eigenvalue weighted by molar-refractivity contribution is 6.68. The van der Waals surface area contributed by atoms with Crippen LogP contribution in [0.3, 0.4) is 0 Å². The first-order valence-electron chi connectivity index (χ1n) is 6.50. The largest absolute Gasteiger partial charge is 0.446 e. The Morgan fingerprint density at radius 2 is 2.25 bits per heavy atom. The van der Waals surface area contributed by atoms with Crippen LogP contribution in [0, 0.1) is 13.5 Å². The molecule has 0 saturated carbocycles. The Labute approximate surface area is 118 Å². The quantitative estimate of drug-likeness (QED) is 0.669. The third-order valence-electron chi connectivity index (χ3n) is 3.52. The Hall–Kier alpha value is -2.32. The van der Waals surface area contributed by atoms with Crippen LogP contribution in [0.2, 0.25) is 6.32 Å². The Balaban J connectivity index is 1.87. The number of benzene rings is 1. The van der Waals surface area contributed by atoms with Crippen LogP contribution in [-0.2, 0) is 6.42 Å². The number of pyridine rings is 1. The van der Waals surface area contributed by atoms with E-state index < -0.39 is 0 Å². The van der Waals surface area contributed by atoms with Gasteiger partial charge in [0.1, 0.15) is 5.75 Å². The lowest BCUT2D eigenvalue weighted by Gasteiger charge is -2.09. The first-order chi connectivity index (χ1) is 9.67. The molecule has 4 nitrogen and oxygen atoms in total. The standard InChI is InChI=1S/C15H13BN2O2/c1-10-7-12(17-2)9-18-15(10)20-13-3-4-14-11(8-13)5-6-16(14)19/h3-4,7-9,19H,5-6H2,1H3. The molecule has 0 amide bonds. The van der Waals surface area contributed by atoms with Gasteiger partial charge < -0.3 is 9.76 Å². The summed E-state index contributed by atoms with van der Waals surface area (Å²) in [6.45, 7) is 8.47. The number of hydrogen-bond acceptors (Lipinski definition) is 3. The van der Waals surface area contributed by atoms with E-state index in [9.17, 15) is 5.02 Å². The maximum atomic E-state index is 9.78. The van der Waals surface area contributed by atoms with Crippen molar-refractivity contribution < 1.29 is 9.76 Å². The zero-order chi connectivity index (χ0) is 14.1. The molecule has 98 valence electrons. The summed E-state index contributed by atoms with van der Waals surface area (Å²) in [5, 5.41) is 9.78. The monoisotopic (exact) mass is 264 g/mol. The van der Waals surface area contributed by atoms with Gasteiger partial charge in [-0.05, 0) is 48.9 Å². The van der Waals surface area contributed by atoms with Crippen molar-refractivity contribution in [3.05, 3.63) is 53.0 Å². The number of rotatable bonds is 2. The van der Waals surface area contributed by atoms with Gasteiger partial charge in [-0.15, -0.1) is 0 Å². The van der Waals surface area contributed by atoms with Gasteiger partial charge in [0.2, 0.25) is 11.6 Å². The second-order valence-electron chi connectivity index (χ2n) is 4.94. The molecule has 0 aliphatic carbocycles. The smallest absolute Gasteiger partial charge is 0.324 e. The molecule has 1 aromatic heterocycles. The predicted octanol–water partition coefficient (Wildman–Crippen LogP) is 2.48. The Kier molecular flexibility index (Phi) is 3.17. The molecule has 0 spiro atoms. The molecular formula is C15H13BN2O2. The van der Waals surface area contributed by atoms with E-state index in [0.29, 0.717) is 17.3 Å². The molecule has 0 bridgehead atoms. The Morgan fingerprint density at radius 3 is 3.00 bits per heavy atom. The van der Waals surface area contributed by atoms with Crippen LogP contribution in [0.4, 0.5) is 5.69 Å². The second-order valence-corrected chi connectivity index (χ2v) is 4.94. The molecule has 1 aromatic carbocycles. The van der Waals surface area contributed by atoms with Crippen LogP contribution in [0.25, 0.3) is 4.85 Å². The summed E-state index contributed by atoms with van der Waals surface area (Å²) >= 11 is 0. The molecule has 0 unspecified atom stereocenters. The number of nitrogens with zero attached hydrogens (tertiary/aromatic N) is 2. The molecule has 0 saturated heterocycles. The van der Waals surface area contributed by atoms with Crippen LogP contribution in [0.5, 0.6) is 11.6 Å². The summed E-state index contributed by atoms with van der Waals surface area (Å²) in [7, 11) is 0. The van der Waals surface area contributed by atoms with Crippen LogP contribution in [0.1, 0.15) is 11.1 Å². The van der Waals surface area contributed by atoms with Crippen molar-refractivity contribution in [3.8, 4) is 11.6 Å². The number of ether oxygens (including phenoxy) is 1. The van der Waals surface area contributed by atoms with Gasteiger partial charge in [-0.25, -0.2) is 9.83 Å². The Bertz CT molecular complexity index is 710. The minimum absolute atomic E-state index is 0.350. The molecule has 3 rings (SSSR count). The van der Waals surface area contributed by atoms with Crippen LogP contribution in [0.15, 0.2) is 30.5 Å². The molecule has 1 N–H and O–H groups in total. The van der Waals surface area contributed by atoms with Crippen LogP contribution >= 0.6 is 0 Å². The average molecular weight is 264 g/mol. The zero-order valence-electron chi connectivity index (χ0n) is 11.1. The minimum Gasteiger partial charge on any atom is -0.446 e. The maximum Gasteiger partial charge on any atom is 0.324 e. The van der Waals surface area contributed by atoms with Crippen molar-refractivity contribution in [3.63, 3.8) is 0 Å². The lowest BCUT2D eigenvalue weighted by molar-refractivity contribution is 0.459. The third-order valence-corrected chi connectivity index (χ3v) is 3.52. The van der Waals surface area contributed by atoms with Crippen molar-refractivity contribution in [2.45, 2.75) is 19.7 Å². The average Bonchev–Trinajstić information content (AvgIpc) is 2.82. The summed E-state index contributed by atoms with van der Waals surface area (Å²) in [5.74, 6) is 1.22. The van der Waals surface area contributed by atoms with Gasteiger partial charge >= 0.3 is 6.92 Å². The number of hydrogen-bond donors (Lipinski definition) is 1. The van der Waals surface area contributed by atoms with Gasteiger partial charge in [0.15, 0.2) is 0 Å². The highest BCUT2D eigenvalue weighted by Gasteiger charge is 2.24. The second kappa shape index (κ2) is 4.99. The van der Waals surface area contributed by atoms with Gasteiger partial charge in [0.25, 0.3) is 0 Å². The Morgan fingerprint density at radius 1 is 1.40 bits per heavy atom. The van der Waals surface area contributed by atoms with E-state index in [0.717, 1.165) is 29.3 Å². The molecule has 0 fully saturated rings. The van der Waals surface area contributed by atoms with Gasteiger partial charge in [-0.3, -0.25) is 0 Å². The molecule has 1 aliphatic rings. The molecule has 2 aromatic rings. The van der Waals surface area contributed by atoms with E-state index in [-0.39, 0.29) is 6.92 Å². The minimum atomic E-state index is -0.350. The highest BCUT2D eigenvalue weighted by atomic mass is 16.5. The highest BCUT2D eigenvalue weighted by Crippen LogP contribution is 2.27. The molecule has 0 atom stereocenters. The predicted molar refractivity (Wildman–Crippen MR) is 77.9 cm³/mol. The van der Waals surface area contributed by atoms with Crippen molar-refractivity contribution in [1.29, 1.82) is 0 Å². The molecule has 5 heteroatoms. The zero-order valence-corrected chi connectivity index (χ0v) is 11.1.